The van der Waals surface area contributed by atoms with Crippen LogP contribution in [0.4, 0.5) is 11.6 Å². The van der Waals surface area contributed by atoms with Crippen molar-refractivity contribution in [3.05, 3.63) is 36.7 Å². The fraction of sp³-hybridized carbons (Fsp3) is 0.429. The molecule has 1 aliphatic heterocycles. The summed E-state index contributed by atoms with van der Waals surface area (Å²) in [6, 6.07) is 6.89. The average Bonchev–Trinajstić information content (AvgIpc) is 3.43. The second kappa shape index (κ2) is 8.54. The van der Waals surface area contributed by atoms with Gasteiger partial charge in [-0.15, -0.1) is 0 Å². The highest BCUT2D eigenvalue weighted by Gasteiger charge is 2.47. The van der Waals surface area contributed by atoms with E-state index in [2.05, 4.69) is 24.0 Å². The SMILES string of the molecule is O=C(COC(=O)C1CC2CCCCC2N1c1ncccn1)Nc1cccc2nsnc12. The molecule has 2 fully saturated rings. The molecule has 0 bridgehead atoms. The molecule has 3 atom stereocenters. The molecule has 1 aromatic carbocycles. The highest BCUT2D eigenvalue weighted by Crippen LogP contribution is 2.41. The fourth-order valence-electron chi connectivity index (χ4n) is 4.71. The topological polar surface area (TPSA) is 110 Å². The number of nitrogens with zero attached hydrogens (tertiary/aromatic N) is 5. The predicted molar refractivity (Wildman–Crippen MR) is 116 cm³/mol. The highest BCUT2D eigenvalue weighted by atomic mass is 32.1. The standard InChI is InChI=1S/C21H22N6O3S/c28-18(24-14-6-3-7-15-19(14)26-31-25-15)12-30-20(29)17-11-13-5-1-2-8-16(13)27(17)21-22-9-4-10-23-21/h3-4,6-7,9-10,13,16-17H,1-2,5,8,11-12H2,(H,24,28). The zero-order chi connectivity index (χ0) is 21.2. The van der Waals surface area contributed by atoms with E-state index in [4.69, 9.17) is 4.74 Å². The third-order valence-electron chi connectivity index (χ3n) is 6.05. The summed E-state index contributed by atoms with van der Waals surface area (Å²) >= 11 is 1.08. The van der Waals surface area contributed by atoms with Gasteiger partial charge in [-0.3, -0.25) is 4.79 Å². The van der Waals surface area contributed by atoms with E-state index in [9.17, 15) is 9.59 Å². The van der Waals surface area contributed by atoms with Gasteiger partial charge in [-0.1, -0.05) is 18.9 Å². The van der Waals surface area contributed by atoms with Gasteiger partial charge >= 0.3 is 5.97 Å². The first-order valence-electron chi connectivity index (χ1n) is 10.4. The molecule has 1 N–H and O–H groups in total. The summed E-state index contributed by atoms with van der Waals surface area (Å²) in [4.78, 5) is 36.2. The van der Waals surface area contributed by atoms with E-state index in [1.165, 1.54) is 6.42 Å². The number of amides is 1. The van der Waals surface area contributed by atoms with Crippen molar-refractivity contribution in [2.45, 2.75) is 44.2 Å². The van der Waals surface area contributed by atoms with Crippen LogP contribution in [0.3, 0.4) is 0 Å². The van der Waals surface area contributed by atoms with E-state index in [1.54, 1.807) is 30.6 Å². The molecule has 3 aromatic rings. The van der Waals surface area contributed by atoms with Crippen LogP contribution in [0.25, 0.3) is 11.0 Å². The molecule has 3 unspecified atom stereocenters. The Balaban J connectivity index is 1.26. The minimum atomic E-state index is -0.477. The van der Waals surface area contributed by atoms with Crippen molar-refractivity contribution in [3.63, 3.8) is 0 Å². The Hall–Kier alpha value is -3.14. The molecule has 1 amide bonds. The average molecular weight is 439 g/mol. The lowest BCUT2D eigenvalue weighted by Crippen LogP contribution is -2.44. The number of carbonyl (C=O) groups is 2. The van der Waals surface area contributed by atoms with Gasteiger partial charge in [0.25, 0.3) is 5.91 Å². The Kier molecular flexibility index (Phi) is 5.46. The first-order chi connectivity index (χ1) is 15.2. The number of aromatic nitrogens is 4. The number of rotatable bonds is 5. The van der Waals surface area contributed by atoms with Crippen molar-refractivity contribution in [1.82, 2.24) is 18.7 Å². The Morgan fingerprint density at radius 3 is 2.84 bits per heavy atom. The molecule has 2 aromatic heterocycles. The van der Waals surface area contributed by atoms with Gasteiger partial charge in [0.2, 0.25) is 5.95 Å². The lowest BCUT2D eigenvalue weighted by molar-refractivity contribution is -0.148. The molecular formula is C21H22N6O3S. The molecule has 31 heavy (non-hydrogen) atoms. The monoisotopic (exact) mass is 438 g/mol. The van der Waals surface area contributed by atoms with Gasteiger partial charge in [-0.2, -0.15) is 8.75 Å². The van der Waals surface area contributed by atoms with Crippen LogP contribution in [0.15, 0.2) is 36.7 Å². The zero-order valence-electron chi connectivity index (χ0n) is 16.8. The van der Waals surface area contributed by atoms with Gasteiger partial charge in [-0.25, -0.2) is 14.8 Å². The molecule has 160 valence electrons. The summed E-state index contributed by atoms with van der Waals surface area (Å²) in [7, 11) is 0. The van der Waals surface area contributed by atoms with Crippen LogP contribution in [-0.4, -0.2) is 49.3 Å². The summed E-state index contributed by atoms with van der Waals surface area (Å²) in [6.07, 6.45) is 8.47. The second-order valence-corrected chi connectivity index (χ2v) is 8.44. The maximum absolute atomic E-state index is 13.0. The van der Waals surface area contributed by atoms with Crippen molar-refractivity contribution in [2.24, 2.45) is 5.92 Å². The second-order valence-electron chi connectivity index (χ2n) is 7.91. The van der Waals surface area contributed by atoms with Crippen LogP contribution in [0.1, 0.15) is 32.1 Å². The fourth-order valence-corrected chi connectivity index (χ4v) is 5.26. The molecule has 1 aliphatic carbocycles. The van der Waals surface area contributed by atoms with Gasteiger partial charge in [0, 0.05) is 18.4 Å². The molecule has 1 saturated heterocycles. The number of esters is 1. The molecule has 1 saturated carbocycles. The molecule has 10 heteroatoms. The van der Waals surface area contributed by atoms with Crippen molar-refractivity contribution >= 4 is 46.3 Å². The van der Waals surface area contributed by atoms with E-state index in [0.717, 1.165) is 31.0 Å². The van der Waals surface area contributed by atoms with Crippen molar-refractivity contribution in [1.29, 1.82) is 0 Å². The molecule has 5 rings (SSSR count). The number of hydrogen-bond donors (Lipinski definition) is 1. The number of ether oxygens (including phenoxy) is 1. The highest BCUT2D eigenvalue weighted by molar-refractivity contribution is 7.00. The first-order valence-corrected chi connectivity index (χ1v) is 11.2. The molecule has 3 heterocycles. The third kappa shape index (κ3) is 3.95. The summed E-state index contributed by atoms with van der Waals surface area (Å²) in [5.41, 5.74) is 1.89. The minimum Gasteiger partial charge on any atom is -0.454 e. The normalized spacial score (nSPS) is 22.8. The van der Waals surface area contributed by atoms with Gasteiger partial charge in [0.1, 0.15) is 17.1 Å². The maximum atomic E-state index is 13.0. The summed E-state index contributed by atoms with van der Waals surface area (Å²) in [5.74, 6) is 0.141. The van der Waals surface area contributed by atoms with Gasteiger partial charge in [0.15, 0.2) is 6.61 Å². The quantitative estimate of drug-likeness (QED) is 0.606. The van der Waals surface area contributed by atoms with E-state index < -0.39 is 17.9 Å². The number of anilines is 2. The lowest BCUT2D eigenvalue weighted by Gasteiger charge is -2.33. The molecule has 9 nitrogen and oxygen atoms in total. The van der Waals surface area contributed by atoms with Crippen LogP contribution in [0.5, 0.6) is 0 Å². The number of benzene rings is 1. The van der Waals surface area contributed by atoms with Gasteiger partial charge < -0.3 is 15.0 Å². The van der Waals surface area contributed by atoms with Crippen molar-refractivity contribution in [3.8, 4) is 0 Å². The largest absolute Gasteiger partial charge is 0.454 e. The molecular weight excluding hydrogens is 416 g/mol. The molecule has 2 aliphatic rings. The number of nitrogens with one attached hydrogen (secondary N) is 1. The molecule has 0 spiro atoms. The van der Waals surface area contributed by atoms with E-state index in [1.807, 2.05) is 11.0 Å². The van der Waals surface area contributed by atoms with Crippen LogP contribution < -0.4 is 10.2 Å². The van der Waals surface area contributed by atoms with Crippen molar-refractivity contribution < 1.29 is 14.3 Å². The Bertz CT molecular complexity index is 1090. The number of fused-ring (bicyclic) bond motifs is 2. The van der Waals surface area contributed by atoms with Crippen LogP contribution in [0, 0.1) is 5.92 Å². The lowest BCUT2D eigenvalue weighted by atomic mass is 9.85. The Morgan fingerprint density at radius 2 is 1.97 bits per heavy atom. The van der Waals surface area contributed by atoms with Gasteiger partial charge in [-0.05, 0) is 43.4 Å². The molecule has 0 radical (unpaired) electrons. The van der Waals surface area contributed by atoms with Gasteiger partial charge in [0.05, 0.1) is 17.4 Å². The number of carbonyl (C=O) groups excluding carboxylic acids is 2. The third-order valence-corrected chi connectivity index (χ3v) is 6.59. The first kappa shape index (κ1) is 19.8. The van der Waals surface area contributed by atoms with E-state index >= 15 is 0 Å². The summed E-state index contributed by atoms with van der Waals surface area (Å²) in [5, 5.41) is 2.76. The number of hydrogen-bond acceptors (Lipinski definition) is 9. The van der Waals surface area contributed by atoms with E-state index in [-0.39, 0.29) is 12.6 Å². The van der Waals surface area contributed by atoms with Crippen LogP contribution in [0.2, 0.25) is 0 Å². The Labute approximate surface area is 183 Å². The summed E-state index contributed by atoms with van der Waals surface area (Å²) < 4.78 is 13.8. The predicted octanol–water partition coefficient (Wildman–Crippen LogP) is 2.80. The summed E-state index contributed by atoms with van der Waals surface area (Å²) in [6.45, 7) is -0.359. The van der Waals surface area contributed by atoms with Crippen LogP contribution >= 0.6 is 11.7 Å². The maximum Gasteiger partial charge on any atom is 0.329 e. The smallest absolute Gasteiger partial charge is 0.329 e. The minimum absolute atomic E-state index is 0.234. The Morgan fingerprint density at radius 1 is 1.13 bits per heavy atom. The zero-order valence-corrected chi connectivity index (χ0v) is 17.6. The van der Waals surface area contributed by atoms with Crippen LogP contribution in [-0.2, 0) is 14.3 Å². The van der Waals surface area contributed by atoms with E-state index in [0.29, 0.717) is 35.0 Å². The van der Waals surface area contributed by atoms with Crippen molar-refractivity contribution in [2.75, 3.05) is 16.8 Å².